The number of nitrogens with one attached hydrogen (secondary N) is 1. The second kappa shape index (κ2) is 6.50. The fourth-order valence-electron chi connectivity index (χ4n) is 2.61. The van der Waals surface area contributed by atoms with Crippen LogP contribution in [0.3, 0.4) is 0 Å². The molecule has 8 heteroatoms. The van der Waals surface area contributed by atoms with Gasteiger partial charge >= 0.3 is 0 Å². The van der Waals surface area contributed by atoms with Crippen molar-refractivity contribution < 1.29 is 9.18 Å². The zero-order chi connectivity index (χ0) is 15.4. The van der Waals surface area contributed by atoms with E-state index in [0.29, 0.717) is 5.69 Å². The van der Waals surface area contributed by atoms with Crippen LogP contribution in [-0.2, 0) is 11.3 Å². The molecular weight excluding hydrogens is 287 g/mol. The van der Waals surface area contributed by atoms with Gasteiger partial charge in [0.2, 0.25) is 5.91 Å². The molecule has 3 rings (SSSR count). The van der Waals surface area contributed by atoms with Gasteiger partial charge in [-0.15, -0.1) is 5.10 Å². The van der Waals surface area contributed by atoms with Crippen LogP contribution in [0, 0.1) is 5.82 Å². The van der Waals surface area contributed by atoms with Crippen molar-refractivity contribution >= 4 is 17.3 Å². The van der Waals surface area contributed by atoms with Gasteiger partial charge in [-0.2, -0.15) is 0 Å². The Labute approximate surface area is 127 Å². The third-order valence-electron chi connectivity index (χ3n) is 3.63. The summed E-state index contributed by atoms with van der Waals surface area (Å²) in [4.78, 5) is 14.2. The van der Waals surface area contributed by atoms with E-state index in [1.165, 1.54) is 29.6 Å². The Morgan fingerprint density at radius 3 is 2.82 bits per heavy atom. The van der Waals surface area contributed by atoms with E-state index in [0.717, 1.165) is 31.6 Å². The van der Waals surface area contributed by atoms with Gasteiger partial charge in [-0.25, -0.2) is 9.07 Å². The number of aromatic nitrogens is 4. The lowest BCUT2D eigenvalue weighted by molar-refractivity contribution is -0.116. The van der Waals surface area contributed by atoms with Crippen LogP contribution in [0.15, 0.2) is 24.5 Å². The molecule has 0 saturated carbocycles. The largest absolute Gasteiger partial charge is 0.370 e. The first-order valence-corrected chi connectivity index (χ1v) is 7.27. The van der Waals surface area contributed by atoms with E-state index in [1.54, 1.807) is 6.07 Å². The van der Waals surface area contributed by atoms with Crippen LogP contribution in [0.25, 0.3) is 0 Å². The van der Waals surface area contributed by atoms with E-state index < -0.39 is 0 Å². The van der Waals surface area contributed by atoms with E-state index in [2.05, 4.69) is 25.7 Å². The lowest BCUT2D eigenvalue weighted by Crippen LogP contribution is -2.30. The van der Waals surface area contributed by atoms with Crippen molar-refractivity contribution in [2.75, 3.05) is 23.3 Å². The predicted octanol–water partition coefficient (Wildman–Crippen LogP) is 1.44. The van der Waals surface area contributed by atoms with Gasteiger partial charge in [-0.3, -0.25) is 4.79 Å². The van der Waals surface area contributed by atoms with Crippen LogP contribution in [0.4, 0.5) is 15.8 Å². The van der Waals surface area contributed by atoms with Crippen LogP contribution < -0.4 is 10.2 Å². The van der Waals surface area contributed by atoms with Crippen molar-refractivity contribution in [1.82, 2.24) is 20.2 Å². The Balaban J connectivity index is 1.76. The number of nitrogens with zero attached hydrogens (tertiary/aromatic N) is 5. The van der Waals surface area contributed by atoms with E-state index in [9.17, 15) is 9.18 Å². The molecule has 1 aromatic carbocycles. The molecule has 116 valence electrons. The van der Waals surface area contributed by atoms with Gasteiger partial charge in [0.1, 0.15) is 18.7 Å². The quantitative estimate of drug-likeness (QED) is 0.925. The topological polar surface area (TPSA) is 75.9 Å². The van der Waals surface area contributed by atoms with Gasteiger partial charge in [0.25, 0.3) is 0 Å². The van der Waals surface area contributed by atoms with Crippen LogP contribution in [0.1, 0.15) is 19.3 Å². The molecule has 1 aliphatic heterocycles. The minimum atomic E-state index is -0.376. The maximum Gasteiger partial charge on any atom is 0.246 e. The van der Waals surface area contributed by atoms with Gasteiger partial charge in [0.15, 0.2) is 0 Å². The maximum absolute atomic E-state index is 13.5. The molecule has 0 atom stereocenters. The van der Waals surface area contributed by atoms with Crippen molar-refractivity contribution in [2.24, 2.45) is 0 Å². The first-order valence-electron chi connectivity index (χ1n) is 7.27. The van der Waals surface area contributed by atoms with Crippen molar-refractivity contribution in [1.29, 1.82) is 0 Å². The zero-order valence-corrected chi connectivity index (χ0v) is 12.1. The Bertz CT molecular complexity index is 639. The van der Waals surface area contributed by atoms with E-state index in [4.69, 9.17) is 0 Å². The summed E-state index contributed by atoms with van der Waals surface area (Å²) in [7, 11) is 0. The van der Waals surface area contributed by atoms with E-state index >= 15 is 0 Å². The van der Waals surface area contributed by atoms with Crippen molar-refractivity contribution in [3.8, 4) is 0 Å². The summed E-state index contributed by atoms with van der Waals surface area (Å²) in [6.07, 6.45) is 4.78. The molecule has 0 radical (unpaired) electrons. The number of rotatable bonds is 4. The van der Waals surface area contributed by atoms with Crippen molar-refractivity contribution in [2.45, 2.75) is 25.8 Å². The molecule has 22 heavy (non-hydrogen) atoms. The second-order valence-corrected chi connectivity index (χ2v) is 5.26. The molecule has 7 nitrogen and oxygen atoms in total. The first-order chi connectivity index (χ1) is 10.7. The zero-order valence-electron chi connectivity index (χ0n) is 12.1. The summed E-state index contributed by atoms with van der Waals surface area (Å²) in [6, 6.07) is 4.48. The summed E-state index contributed by atoms with van der Waals surface area (Å²) in [5.41, 5.74) is 1.34. The number of hydrogen-bond acceptors (Lipinski definition) is 5. The number of halogens is 1. The minimum Gasteiger partial charge on any atom is -0.370 e. The van der Waals surface area contributed by atoms with Gasteiger partial charge < -0.3 is 10.2 Å². The first kappa shape index (κ1) is 14.4. The molecule has 0 bridgehead atoms. The average molecular weight is 304 g/mol. The van der Waals surface area contributed by atoms with Gasteiger partial charge in [0.05, 0.1) is 11.4 Å². The second-order valence-electron chi connectivity index (χ2n) is 5.26. The molecule has 1 fully saturated rings. The third kappa shape index (κ3) is 3.38. The molecule has 2 aromatic rings. The average Bonchev–Trinajstić information content (AvgIpc) is 3.01. The van der Waals surface area contributed by atoms with E-state index in [-0.39, 0.29) is 18.3 Å². The third-order valence-corrected chi connectivity index (χ3v) is 3.63. The summed E-state index contributed by atoms with van der Waals surface area (Å²) >= 11 is 0. The summed E-state index contributed by atoms with van der Waals surface area (Å²) in [5.74, 6) is -0.672. The fraction of sp³-hybridized carbons (Fsp3) is 0.429. The van der Waals surface area contributed by atoms with Gasteiger partial charge in [-0.1, -0.05) is 0 Å². The molecular formula is C14H17FN6O. The molecule has 0 unspecified atom stereocenters. The van der Waals surface area contributed by atoms with Crippen LogP contribution in [0.2, 0.25) is 0 Å². The molecule has 1 N–H and O–H groups in total. The van der Waals surface area contributed by atoms with Crippen LogP contribution >= 0.6 is 0 Å². The maximum atomic E-state index is 13.5. The predicted molar refractivity (Wildman–Crippen MR) is 78.9 cm³/mol. The molecule has 0 spiro atoms. The highest BCUT2D eigenvalue weighted by molar-refractivity contribution is 5.94. The Hall–Kier alpha value is -2.51. The van der Waals surface area contributed by atoms with E-state index in [1.807, 2.05) is 0 Å². The SMILES string of the molecule is O=C(Cn1cnnn1)Nc1cc(F)ccc1N1CCCCC1. The number of benzene rings is 1. The number of carbonyl (C=O) groups is 1. The summed E-state index contributed by atoms with van der Waals surface area (Å²) in [5, 5.41) is 13.3. The van der Waals surface area contributed by atoms with Crippen molar-refractivity contribution in [3.05, 3.63) is 30.3 Å². The molecule has 1 aromatic heterocycles. The molecule has 1 amide bonds. The molecule has 1 aliphatic rings. The lowest BCUT2D eigenvalue weighted by atomic mass is 10.1. The Kier molecular flexibility index (Phi) is 4.27. The van der Waals surface area contributed by atoms with Crippen molar-refractivity contribution in [3.63, 3.8) is 0 Å². The smallest absolute Gasteiger partial charge is 0.246 e. The minimum absolute atomic E-state index is 0.0110. The Morgan fingerprint density at radius 1 is 1.27 bits per heavy atom. The number of carbonyl (C=O) groups excluding carboxylic acids is 1. The fourth-order valence-corrected chi connectivity index (χ4v) is 2.61. The van der Waals surface area contributed by atoms with Gasteiger partial charge in [0, 0.05) is 13.1 Å². The molecule has 2 heterocycles. The number of tetrazole rings is 1. The molecule has 1 saturated heterocycles. The standard InChI is InChI=1S/C14H17FN6O/c15-11-4-5-13(20-6-2-1-3-7-20)12(8-11)17-14(22)9-21-10-16-18-19-21/h4-5,8,10H,1-3,6-7,9H2,(H,17,22). The normalized spacial score (nSPS) is 14.9. The highest BCUT2D eigenvalue weighted by atomic mass is 19.1. The van der Waals surface area contributed by atoms with Gasteiger partial charge in [-0.05, 0) is 47.9 Å². The number of hydrogen-bond donors (Lipinski definition) is 1. The number of amides is 1. The monoisotopic (exact) mass is 304 g/mol. The highest BCUT2D eigenvalue weighted by Gasteiger charge is 2.16. The van der Waals surface area contributed by atoms with Crippen LogP contribution in [-0.4, -0.2) is 39.2 Å². The number of anilines is 2. The summed E-state index contributed by atoms with van der Waals surface area (Å²) in [6.45, 7) is 1.83. The number of piperidine rings is 1. The Morgan fingerprint density at radius 2 is 2.09 bits per heavy atom. The molecule has 0 aliphatic carbocycles. The highest BCUT2D eigenvalue weighted by Crippen LogP contribution is 2.29. The summed E-state index contributed by atoms with van der Waals surface area (Å²) < 4.78 is 14.8. The lowest BCUT2D eigenvalue weighted by Gasteiger charge is -2.30. The van der Waals surface area contributed by atoms with Crippen LogP contribution in [0.5, 0.6) is 0 Å².